The molecule has 3 aliphatic carbocycles. The lowest BCUT2D eigenvalue weighted by Crippen LogP contribution is -2.67. The Hall–Kier alpha value is -2.62. The molecule has 4 heteroatoms. The summed E-state index contributed by atoms with van der Waals surface area (Å²) in [6.45, 7) is 0. The van der Waals surface area contributed by atoms with Gasteiger partial charge in [-0.2, -0.15) is 0 Å². The largest absolute Gasteiger partial charge is 0.481 e. The van der Waals surface area contributed by atoms with Gasteiger partial charge in [0, 0.05) is 17.3 Å². The molecule has 0 radical (unpaired) electrons. The third-order valence-corrected chi connectivity index (χ3v) is 6.16. The first-order valence-corrected chi connectivity index (χ1v) is 7.74. The van der Waals surface area contributed by atoms with Gasteiger partial charge in [-0.1, -0.05) is 48.5 Å². The molecule has 5 atom stereocenters. The Morgan fingerprint density at radius 1 is 0.826 bits per heavy atom. The first-order valence-electron chi connectivity index (χ1n) is 7.74. The minimum atomic E-state index is -1.01. The van der Waals surface area contributed by atoms with E-state index >= 15 is 0 Å². The second-order valence-electron chi connectivity index (χ2n) is 6.74. The molecule has 0 heterocycles. The number of benzene rings is 2. The summed E-state index contributed by atoms with van der Waals surface area (Å²) in [7, 11) is 0. The molecule has 2 aromatic rings. The summed E-state index contributed by atoms with van der Waals surface area (Å²) >= 11 is 0. The average molecular weight is 306 g/mol. The molecular formula is C19H14O4. The monoisotopic (exact) mass is 306 g/mol. The van der Waals surface area contributed by atoms with Crippen LogP contribution in [0.4, 0.5) is 0 Å². The minimum absolute atomic E-state index is 0.0107. The molecule has 0 aromatic heterocycles. The molecule has 1 fully saturated rings. The van der Waals surface area contributed by atoms with E-state index in [2.05, 4.69) is 0 Å². The molecule has 0 saturated heterocycles. The Morgan fingerprint density at radius 2 is 1.43 bits per heavy atom. The van der Waals surface area contributed by atoms with E-state index in [0.717, 1.165) is 22.3 Å². The average Bonchev–Trinajstić information content (AvgIpc) is 2.67. The van der Waals surface area contributed by atoms with Gasteiger partial charge >= 0.3 is 11.9 Å². The van der Waals surface area contributed by atoms with Crippen LogP contribution in [0.2, 0.25) is 0 Å². The van der Waals surface area contributed by atoms with Crippen LogP contribution in [0.25, 0.3) is 0 Å². The molecule has 2 aromatic carbocycles. The van der Waals surface area contributed by atoms with E-state index < -0.39 is 29.2 Å². The minimum Gasteiger partial charge on any atom is -0.481 e. The van der Waals surface area contributed by atoms with Gasteiger partial charge in [-0.05, 0) is 22.3 Å². The number of fused-ring (bicyclic) bond motifs is 5. The summed E-state index contributed by atoms with van der Waals surface area (Å²) in [6, 6.07) is 15.7. The molecule has 1 spiro atoms. The van der Waals surface area contributed by atoms with Crippen molar-refractivity contribution >= 4 is 11.9 Å². The molecular weight excluding hydrogens is 292 g/mol. The maximum Gasteiger partial charge on any atom is 0.308 e. The fourth-order valence-electron chi connectivity index (χ4n) is 5.61. The van der Waals surface area contributed by atoms with Crippen LogP contribution < -0.4 is 0 Å². The van der Waals surface area contributed by atoms with Crippen molar-refractivity contribution in [3.05, 3.63) is 70.8 Å². The van der Waals surface area contributed by atoms with E-state index in [1.165, 1.54) is 0 Å². The molecule has 4 nitrogen and oxygen atoms in total. The van der Waals surface area contributed by atoms with Crippen molar-refractivity contribution in [3.63, 3.8) is 0 Å². The molecule has 23 heavy (non-hydrogen) atoms. The second kappa shape index (κ2) is 3.82. The first kappa shape index (κ1) is 12.9. The van der Waals surface area contributed by atoms with Gasteiger partial charge in [-0.3, -0.25) is 9.59 Å². The zero-order valence-electron chi connectivity index (χ0n) is 12.1. The normalized spacial score (nSPS) is 35.0. The molecule has 5 rings (SSSR count). The summed E-state index contributed by atoms with van der Waals surface area (Å²) < 4.78 is 0. The standard InChI is InChI=1S/C19H14O4/c20-17(21)13-15-10-6-2-1-5-9(10)14-11-7-3-4-8-12(11)19(14,15)16(13)18(22)23/h1-8,13-16H,(H,20,21)(H,22,23). The third-order valence-electron chi connectivity index (χ3n) is 6.16. The summed E-state index contributed by atoms with van der Waals surface area (Å²) in [6.07, 6.45) is 0. The van der Waals surface area contributed by atoms with Crippen LogP contribution >= 0.6 is 0 Å². The van der Waals surface area contributed by atoms with Crippen molar-refractivity contribution in [1.29, 1.82) is 0 Å². The molecule has 3 aliphatic rings. The number of carboxylic acid groups (broad SMARTS) is 2. The zero-order valence-corrected chi connectivity index (χ0v) is 12.1. The van der Waals surface area contributed by atoms with Gasteiger partial charge in [0.1, 0.15) is 0 Å². The van der Waals surface area contributed by atoms with E-state index in [1.807, 2.05) is 48.5 Å². The maximum atomic E-state index is 11.9. The number of hydrogen-bond acceptors (Lipinski definition) is 2. The van der Waals surface area contributed by atoms with Crippen LogP contribution in [0, 0.1) is 11.8 Å². The molecule has 0 aliphatic heterocycles. The van der Waals surface area contributed by atoms with E-state index in [0.29, 0.717) is 0 Å². The van der Waals surface area contributed by atoms with Gasteiger partial charge < -0.3 is 10.2 Å². The fraction of sp³-hybridized carbons (Fsp3) is 0.263. The molecule has 5 unspecified atom stereocenters. The zero-order chi connectivity index (χ0) is 15.9. The van der Waals surface area contributed by atoms with Crippen molar-refractivity contribution in [2.24, 2.45) is 11.8 Å². The number of aliphatic carboxylic acids is 2. The highest BCUT2D eigenvalue weighted by Crippen LogP contribution is 2.79. The Morgan fingerprint density at radius 3 is 2.09 bits per heavy atom. The van der Waals surface area contributed by atoms with Crippen LogP contribution in [0.1, 0.15) is 34.1 Å². The van der Waals surface area contributed by atoms with Crippen molar-refractivity contribution in [1.82, 2.24) is 0 Å². The van der Waals surface area contributed by atoms with Crippen molar-refractivity contribution < 1.29 is 19.8 Å². The fourth-order valence-corrected chi connectivity index (χ4v) is 5.61. The molecule has 114 valence electrons. The molecule has 2 N–H and O–H groups in total. The van der Waals surface area contributed by atoms with Gasteiger partial charge in [-0.25, -0.2) is 0 Å². The van der Waals surface area contributed by atoms with Crippen LogP contribution in [-0.2, 0) is 15.0 Å². The number of carboxylic acids is 2. The first-order chi connectivity index (χ1) is 11.1. The number of hydrogen-bond donors (Lipinski definition) is 2. The third kappa shape index (κ3) is 1.15. The van der Waals surface area contributed by atoms with E-state index in [-0.39, 0.29) is 11.8 Å². The van der Waals surface area contributed by atoms with Gasteiger partial charge in [0.25, 0.3) is 0 Å². The Balaban J connectivity index is 1.82. The van der Waals surface area contributed by atoms with Gasteiger partial charge in [-0.15, -0.1) is 0 Å². The highest BCUT2D eigenvalue weighted by Gasteiger charge is 2.79. The quantitative estimate of drug-likeness (QED) is 0.894. The van der Waals surface area contributed by atoms with E-state index in [1.54, 1.807) is 0 Å². The highest BCUT2D eigenvalue weighted by atomic mass is 16.4. The Labute approximate surface area is 132 Å². The van der Waals surface area contributed by atoms with Crippen molar-refractivity contribution in [2.45, 2.75) is 17.3 Å². The Bertz CT molecular complexity index is 880. The van der Waals surface area contributed by atoms with Crippen LogP contribution in [0.5, 0.6) is 0 Å². The molecule has 1 saturated carbocycles. The maximum absolute atomic E-state index is 11.9. The summed E-state index contributed by atoms with van der Waals surface area (Å²) in [5.41, 5.74) is 3.72. The lowest BCUT2D eigenvalue weighted by atomic mass is 9.36. The van der Waals surface area contributed by atoms with Crippen LogP contribution in [0.15, 0.2) is 48.5 Å². The molecule has 0 bridgehead atoms. The van der Waals surface area contributed by atoms with Crippen LogP contribution in [-0.4, -0.2) is 22.2 Å². The van der Waals surface area contributed by atoms with Gasteiger partial charge in [0.2, 0.25) is 0 Å². The highest BCUT2D eigenvalue weighted by molar-refractivity contribution is 5.91. The smallest absolute Gasteiger partial charge is 0.308 e. The number of carbonyl (C=O) groups is 2. The predicted octanol–water partition coefficient (Wildman–Crippen LogP) is 2.58. The van der Waals surface area contributed by atoms with Gasteiger partial charge in [0.15, 0.2) is 0 Å². The van der Waals surface area contributed by atoms with Crippen molar-refractivity contribution in [2.75, 3.05) is 0 Å². The molecule has 0 amide bonds. The predicted molar refractivity (Wildman–Crippen MR) is 81.4 cm³/mol. The van der Waals surface area contributed by atoms with Crippen molar-refractivity contribution in [3.8, 4) is 0 Å². The lowest BCUT2D eigenvalue weighted by Gasteiger charge is -2.63. The number of rotatable bonds is 2. The summed E-state index contributed by atoms with van der Waals surface area (Å²) in [4.78, 5) is 23.7. The summed E-state index contributed by atoms with van der Waals surface area (Å²) in [5.74, 6) is -3.95. The van der Waals surface area contributed by atoms with E-state index in [9.17, 15) is 19.8 Å². The van der Waals surface area contributed by atoms with Gasteiger partial charge in [0.05, 0.1) is 11.8 Å². The Kier molecular flexibility index (Phi) is 2.14. The summed E-state index contributed by atoms with van der Waals surface area (Å²) in [5, 5.41) is 19.4. The second-order valence-corrected chi connectivity index (χ2v) is 6.74. The van der Waals surface area contributed by atoms with E-state index in [4.69, 9.17) is 0 Å². The topological polar surface area (TPSA) is 74.6 Å². The van der Waals surface area contributed by atoms with Crippen LogP contribution in [0.3, 0.4) is 0 Å². The lowest BCUT2D eigenvalue weighted by molar-refractivity contribution is -0.174. The SMILES string of the molecule is O=C(O)C1C(C(=O)O)C23c4ccccc4C2c2ccccc2C13.